The number of ketones is 4. The lowest BCUT2D eigenvalue weighted by atomic mass is 9.72. The molecular formula is C97H107Cl4F6N15O16. The number of alkyl halides is 6. The first-order valence-electron chi connectivity index (χ1n) is 44.5. The minimum absolute atomic E-state index is 0.0114. The Morgan fingerprint density at radius 3 is 0.986 bits per heavy atom. The zero-order valence-electron chi connectivity index (χ0n) is 78.8. The lowest BCUT2D eigenvalue weighted by Gasteiger charge is -2.45. The minimum atomic E-state index is -3.15. The van der Waals surface area contributed by atoms with Crippen molar-refractivity contribution in [2.45, 2.75) is 251 Å². The molecule has 3 saturated carbocycles. The molecule has 7 aliphatic rings. The molecule has 4 aliphatic heterocycles. The second-order valence-electron chi connectivity index (χ2n) is 37.4. The van der Waals surface area contributed by atoms with Crippen molar-refractivity contribution in [3.63, 3.8) is 0 Å². The summed E-state index contributed by atoms with van der Waals surface area (Å²) in [7, 11) is 3.78. The highest BCUT2D eigenvalue weighted by atomic mass is 35.5. The maximum absolute atomic E-state index is 13.6. The van der Waals surface area contributed by atoms with Crippen LogP contribution < -0.4 is 58.5 Å². The van der Waals surface area contributed by atoms with Crippen LogP contribution in [0.3, 0.4) is 0 Å². The largest absolute Gasteiger partial charge is 0.391 e. The zero-order valence-corrected chi connectivity index (χ0v) is 81.8. The number of benzene rings is 4. The van der Waals surface area contributed by atoms with Crippen LogP contribution in [0.15, 0.2) is 72.8 Å². The summed E-state index contributed by atoms with van der Waals surface area (Å²) in [5, 5.41) is 39.5. The fraction of sp³-hybridized carbons (Fsp3) is 0.433. The molecule has 15 rings (SSSR count). The number of rotatable bonds is 23. The molecule has 3 atom stereocenters. The summed E-state index contributed by atoms with van der Waals surface area (Å²) in [6.07, 6.45) is -2.68. The molecular weight excluding hydrogens is 1890 g/mol. The number of hydrogen-bond acceptors (Lipinski definition) is 16. The summed E-state index contributed by atoms with van der Waals surface area (Å²) in [6, 6.07) is 20.1. The van der Waals surface area contributed by atoms with Crippen molar-refractivity contribution in [1.82, 2.24) is 55.5 Å². The SMILES string of the molecule is CNC(=O)C1(NC(=O)C(=O)c2c(C)c(C(=O)Nc3ccc(C)c(Cl)c3)n3c2CCC3C)CC(F)(F)C1.CNC(=O)C1(NC(=O)C(=O)c2c(C)c(C(=O)Nc3ccc(C)c(Cl)c3)n3c2CC[C@H]3C)CC(F)(F)C1.CNC(=O)C1(NC(=O)C(=O)c2c(C)c(C(=O)Nc3ccc(C)c(Cl)c3)n3c2C[C@@H](O)C3)CC(F)(F)C1.Cc1ccc(NC(=O)c2c(C)c(C(=O)C(=O)NC(C)C)c3n2C(C)(C)CC3)cc1Cl. The van der Waals surface area contributed by atoms with Gasteiger partial charge in [-0.3, -0.25) is 71.9 Å². The van der Waals surface area contributed by atoms with Gasteiger partial charge in [-0.15, -0.1) is 0 Å². The quantitative estimate of drug-likeness (QED) is 0.0161. The molecule has 4 aromatic heterocycles. The van der Waals surface area contributed by atoms with Crippen molar-refractivity contribution in [2.24, 2.45) is 0 Å². The molecule has 1 unspecified atom stereocenters. The monoisotopic (exact) mass is 1990 g/mol. The summed E-state index contributed by atoms with van der Waals surface area (Å²) >= 11 is 24.7. The Morgan fingerprint density at radius 1 is 0.399 bits per heavy atom. The zero-order chi connectivity index (χ0) is 102. The number of halogens is 10. The van der Waals surface area contributed by atoms with Crippen LogP contribution >= 0.6 is 46.4 Å². The molecule has 31 nitrogen and oxygen atoms in total. The Morgan fingerprint density at radius 2 is 0.681 bits per heavy atom. The van der Waals surface area contributed by atoms with Gasteiger partial charge in [-0.05, 0) is 228 Å². The molecule has 0 radical (unpaired) electrons. The van der Waals surface area contributed by atoms with Gasteiger partial charge in [-0.1, -0.05) is 70.7 Å². The van der Waals surface area contributed by atoms with Crippen molar-refractivity contribution in [1.29, 1.82) is 0 Å². The van der Waals surface area contributed by atoms with Gasteiger partial charge in [0.15, 0.2) is 0 Å². The topological polar surface area (TPSA) is 428 Å². The van der Waals surface area contributed by atoms with Crippen molar-refractivity contribution in [3.8, 4) is 0 Å². The fourth-order valence-electron chi connectivity index (χ4n) is 19.4. The lowest BCUT2D eigenvalue weighted by Crippen LogP contribution is -2.69. The number of nitrogens with one attached hydrogen (secondary N) is 11. The van der Waals surface area contributed by atoms with E-state index in [9.17, 15) is 103 Å². The van der Waals surface area contributed by atoms with E-state index in [-0.39, 0.29) is 87.6 Å². The van der Waals surface area contributed by atoms with Gasteiger partial charge in [0, 0.05) is 162 Å². The standard InChI is InChI=1S/2C25H27ClF2N4O4.C24H25ClF2N4O5.C23H28ClN3O3/c2*1-12-5-7-15(9-16(12)26)30-21(34)19-14(3)18(17-8-6-13(2)32(17)19)20(33)22(35)31-24(23(36)29-4)10-25(27,28)11-24;1-11-4-5-13(6-15(11)25)29-20(34)18-12(2)17(16-7-14(32)8-31(16)18)19(33)21(35)30-23(22(36)28-3)9-24(26,27)10-23;1-12(2)25-22(30)20(28)18-14(4)19(27-17(18)9-10-23(27,5)6)21(29)26-15-8-7-13(3)16(24)11-15/h2*5,7,9,13H,6,8,10-11H2,1-4H3,(H,29,36)(H,30,34)(H,31,35);4-6,14,32H,7-10H2,1-3H3,(H,28,36)(H,29,34)(H,30,35);7-8,11-12H,9-10H2,1-6H3,(H,25,30)(H,26,29)/t13-;;14-;/m1.1./s1. The van der Waals surface area contributed by atoms with Crippen molar-refractivity contribution in [2.75, 3.05) is 42.4 Å². The average Bonchev–Trinajstić information content (AvgIpc) is 1.58. The summed E-state index contributed by atoms with van der Waals surface area (Å²) in [6.45, 7) is 25.2. The smallest absolute Gasteiger partial charge is 0.293 e. The number of hydrogen-bond donors (Lipinski definition) is 12. The highest BCUT2D eigenvalue weighted by molar-refractivity contribution is 6.46. The van der Waals surface area contributed by atoms with Crippen LogP contribution in [-0.2, 0) is 71.3 Å². The number of aliphatic hydroxyl groups is 1. The van der Waals surface area contributed by atoms with E-state index in [1.54, 1.807) is 117 Å². The van der Waals surface area contributed by atoms with Crippen LogP contribution in [0.5, 0.6) is 0 Å². The van der Waals surface area contributed by atoms with Gasteiger partial charge in [0.25, 0.3) is 88.2 Å². The summed E-state index contributed by atoms with van der Waals surface area (Å²) in [5.41, 5.74) is 4.10. The van der Waals surface area contributed by atoms with E-state index in [0.29, 0.717) is 114 Å². The number of amides is 11. The maximum atomic E-state index is 13.6. The number of aryl methyl sites for hydroxylation is 4. The summed E-state index contributed by atoms with van der Waals surface area (Å²) in [4.78, 5) is 194. The van der Waals surface area contributed by atoms with Crippen molar-refractivity contribution >= 4 is 157 Å². The molecule has 0 saturated heterocycles. The van der Waals surface area contributed by atoms with E-state index < -0.39 is 161 Å². The fourth-order valence-corrected chi connectivity index (χ4v) is 20.1. The van der Waals surface area contributed by atoms with Crippen molar-refractivity contribution < 1.29 is 103 Å². The number of carbonyl (C=O) groups is 15. The first-order valence-corrected chi connectivity index (χ1v) is 46.0. The Bertz CT molecular complexity index is 6260. The molecule has 138 heavy (non-hydrogen) atoms. The van der Waals surface area contributed by atoms with Gasteiger partial charge in [0.05, 0.1) is 28.4 Å². The molecule has 0 bridgehead atoms. The molecule has 3 fully saturated rings. The summed E-state index contributed by atoms with van der Waals surface area (Å²) in [5.74, 6) is -21.5. The third-order valence-corrected chi connectivity index (χ3v) is 27.9. The van der Waals surface area contributed by atoms with Gasteiger partial charge in [-0.25, -0.2) is 26.3 Å². The number of carbonyl (C=O) groups excluding carboxylic acids is 15. The molecule has 736 valence electrons. The maximum Gasteiger partial charge on any atom is 0.293 e. The van der Waals surface area contributed by atoms with E-state index in [1.807, 2.05) is 59.1 Å². The third kappa shape index (κ3) is 20.5. The Kier molecular flexibility index (Phi) is 29.9. The number of Topliss-reactive ketones (excluding diaryl/α,β-unsaturated/α-hetero) is 4. The Labute approximate surface area is 810 Å². The molecule has 11 amide bonds. The van der Waals surface area contributed by atoms with Crippen LogP contribution in [0.4, 0.5) is 49.1 Å². The van der Waals surface area contributed by atoms with E-state index in [4.69, 9.17) is 46.4 Å². The van der Waals surface area contributed by atoms with Crippen LogP contribution in [0.2, 0.25) is 20.1 Å². The lowest BCUT2D eigenvalue weighted by molar-refractivity contribution is -0.164. The highest BCUT2D eigenvalue weighted by Crippen LogP contribution is 2.50. The second-order valence-corrected chi connectivity index (χ2v) is 39.0. The molecule has 12 N–H and O–H groups in total. The number of likely N-dealkylation sites (N-methyl/N-ethyl adjacent to an activating group) is 3. The summed E-state index contributed by atoms with van der Waals surface area (Å²) < 4.78 is 88.6. The molecule has 8 aromatic rings. The van der Waals surface area contributed by atoms with Crippen LogP contribution in [0.1, 0.15) is 262 Å². The van der Waals surface area contributed by atoms with Crippen LogP contribution in [0.25, 0.3) is 0 Å². The first-order chi connectivity index (χ1) is 64.3. The van der Waals surface area contributed by atoms with Crippen molar-refractivity contribution in [3.05, 3.63) is 205 Å². The normalized spacial score (nSPS) is 18.1. The molecule has 4 aromatic carbocycles. The van der Waals surface area contributed by atoms with Crippen LogP contribution in [0, 0.1) is 55.4 Å². The first kappa shape index (κ1) is 104. The second kappa shape index (κ2) is 39.4. The van der Waals surface area contributed by atoms with E-state index in [2.05, 4.69) is 58.5 Å². The Balaban J connectivity index is 0.000000165. The number of aromatic nitrogens is 4. The van der Waals surface area contributed by atoms with E-state index >= 15 is 0 Å². The predicted octanol–water partition coefficient (Wildman–Crippen LogP) is 14.0. The highest BCUT2D eigenvalue weighted by Gasteiger charge is 2.65. The van der Waals surface area contributed by atoms with Gasteiger partial charge in [-0.2, -0.15) is 0 Å². The van der Waals surface area contributed by atoms with Crippen LogP contribution in [-0.4, -0.2) is 179 Å². The van der Waals surface area contributed by atoms with E-state index in [1.165, 1.54) is 32.6 Å². The van der Waals surface area contributed by atoms with Gasteiger partial charge in [0.2, 0.25) is 17.7 Å². The average molecular weight is 1990 g/mol. The van der Waals surface area contributed by atoms with Gasteiger partial charge < -0.3 is 81.9 Å². The minimum Gasteiger partial charge on any atom is -0.391 e. The predicted molar refractivity (Wildman–Crippen MR) is 505 cm³/mol. The van der Waals surface area contributed by atoms with E-state index in [0.717, 1.165) is 34.4 Å². The molecule has 3 aliphatic carbocycles. The number of fused-ring (bicyclic) bond motifs is 4. The number of aliphatic hydroxyl groups excluding tert-OH is 1. The van der Waals surface area contributed by atoms with Gasteiger partial charge >= 0.3 is 0 Å². The molecule has 0 spiro atoms. The molecule has 8 heterocycles. The third-order valence-electron chi connectivity index (χ3n) is 26.2. The molecule has 41 heteroatoms. The number of nitrogens with zero attached hydrogens (tertiary/aromatic N) is 4. The Hall–Kier alpha value is -12.5. The van der Waals surface area contributed by atoms with Gasteiger partial charge in [0.1, 0.15) is 39.4 Å². The number of anilines is 4.